The first-order valence-corrected chi connectivity index (χ1v) is 8.46. The molecule has 1 aromatic rings. The highest BCUT2D eigenvalue weighted by atomic mass is 16.5. The minimum atomic E-state index is 0.246. The lowest BCUT2D eigenvalue weighted by Gasteiger charge is -2.39. The summed E-state index contributed by atoms with van der Waals surface area (Å²) in [7, 11) is 0. The summed E-state index contributed by atoms with van der Waals surface area (Å²) in [5, 5.41) is 0. The number of nitrogen functional groups attached to an aromatic ring is 1. The quantitative estimate of drug-likeness (QED) is 0.645. The minimum absolute atomic E-state index is 0.246. The molecule has 4 nitrogen and oxygen atoms in total. The lowest BCUT2D eigenvalue weighted by atomic mass is 9.96. The van der Waals surface area contributed by atoms with E-state index in [2.05, 4.69) is 25.3 Å². The van der Waals surface area contributed by atoms with E-state index in [4.69, 9.17) is 10.5 Å². The van der Waals surface area contributed by atoms with Crippen molar-refractivity contribution in [2.75, 3.05) is 12.3 Å². The first kappa shape index (κ1) is 17.4. The van der Waals surface area contributed by atoms with Gasteiger partial charge in [0, 0.05) is 18.5 Å². The van der Waals surface area contributed by atoms with Gasteiger partial charge in [0.1, 0.15) is 12.4 Å². The van der Waals surface area contributed by atoms with Gasteiger partial charge in [0.15, 0.2) is 0 Å². The van der Waals surface area contributed by atoms with Crippen molar-refractivity contribution in [1.29, 1.82) is 0 Å². The van der Waals surface area contributed by atoms with Crippen LogP contribution >= 0.6 is 0 Å². The van der Waals surface area contributed by atoms with Crippen molar-refractivity contribution in [3.05, 3.63) is 36.4 Å². The minimum Gasteiger partial charge on any atom is -0.487 e. The monoisotopic (exact) mass is 316 g/mol. The number of nitrogens with two attached hydrogens (primary N) is 1. The molecular weight excluding hydrogens is 288 g/mol. The summed E-state index contributed by atoms with van der Waals surface area (Å²) in [6, 6.07) is 6.45. The Labute approximate surface area is 139 Å². The number of likely N-dealkylation sites (tertiary alicyclic amines) is 1. The van der Waals surface area contributed by atoms with Crippen LogP contribution < -0.4 is 10.5 Å². The summed E-state index contributed by atoms with van der Waals surface area (Å²) < 4.78 is 5.47. The van der Waals surface area contributed by atoms with Crippen LogP contribution in [0.1, 0.15) is 45.1 Å². The fourth-order valence-electron chi connectivity index (χ4n) is 3.33. The zero-order chi connectivity index (χ0) is 16.8. The van der Waals surface area contributed by atoms with Gasteiger partial charge in [-0.1, -0.05) is 18.7 Å². The topological polar surface area (TPSA) is 55.6 Å². The predicted octanol–water partition coefficient (Wildman–Crippen LogP) is 3.56. The van der Waals surface area contributed by atoms with Crippen molar-refractivity contribution >= 4 is 11.6 Å². The van der Waals surface area contributed by atoms with Gasteiger partial charge < -0.3 is 15.4 Å². The van der Waals surface area contributed by atoms with Crippen LogP contribution in [0.2, 0.25) is 0 Å². The number of ether oxygens (including phenoxy) is 1. The van der Waals surface area contributed by atoms with Crippen LogP contribution in [0.3, 0.4) is 0 Å². The summed E-state index contributed by atoms with van der Waals surface area (Å²) in [6.07, 6.45) is 6.36. The number of aryl methyl sites for hydroxylation is 1. The van der Waals surface area contributed by atoms with Gasteiger partial charge in [-0.3, -0.25) is 4.79 Å². The summed E-state index contributed by atoms with van der Waals surface area (Å²) in [5.41, 5.74) is 7.68. The van der Waals surface area contributed by atoms with Crippen LogP contribution in [0.25, 0.3) is 0 Å². The molecular formula is C19H28N2O2. The second-order valence-electron chi connectivity index (χ2n) is 6.40. The highest BCUT2D eigenvalue weighted by Gasteiger charge is 2.28. The third-order valence-corrected chi connectivity index (χ3v) is 4.54. The average molecular weight is 316 g/mol. The fraction of sp³-hybridized carbons (Fsp3) is 0.526. The number of carbonyl (C=O) groups is 1. The Morgan fingerprint density at radius 2 is 2.09 bits per heavy atom. The number of hydrogen-bond donors (Lipinski definition) is 1. The van der Waals surface area contributed by atoms with Crippen molar-refractivity contribution in [2.45, 2.75) is 58.0 Å². The van der Waals surface area contributed by atoms with Crippen molar-refractivity contribution in [2.24, 2.45) is 0 Å². The number of piperidine rings is 1. The normalized spacial score (nSPS) is 21.0. The fourth-order valence-corrected chi connectivity index (χ4v) is 3.33. The van der Waals surface area contributed by atoms with Crippen molar-refractivity contribution in [3.63, 3.8) is 0 Å². The molecule has 23 heavy (non-hydrogen) atoms. The van der Waals surface area contributed by atoms with E-state index in [9.17, 15) is 4.79 Å². The molecule has 4 heteroatoms. The maximum absolute atomic E-state index is 12.5. The van der Waals surface area contributed by atoms with E-state index in [0.717, 1.165) is 18.4 Å². The Balaban J connectivity index is 1.93. The van der Waals surface area contributed by atoms with Gasteiger partial charge in [-0.15, -0.1) is 0 Å². The van der Waals surface area contributed by atoms with E-state index in [0.29, 0.717) is 43.0 Å². The average Bonchev–Trinajstić information content (AvgIpc) is 2.52. The molecule has 1 aliphatic rings. The van der Waals surface area contributed by atoms with Crippen LogP contribution in [0.15, 0.2) is 30.9 Å². The molecule has 0 spiro atoms. The number of rotatable bonds is 6. The molecule has 1 amide bonds. The smallest absolute Gasteiger partial charge is 0.223 e. The van der Waals surface area contributed by atoms with Gasteiger partial charge in [0.05, 0.1) is 5.69 Å². The first-order valence-electron chi connectivity index (χ1n) is 8.46. The number of carbonyl (C=O) groups excluding carboxylic acids is 1. The molecule has 0 saturated carbocycles. The number of hydrogen-bond acceptors (Lipinski definition) is 3. The molecule has 2 N–H and O–H groups in total. The molecule has 1 aliphatic heterocycles. The van der Waals surface area contributed by atoms with E-state index < -0.39 is 0 Å². The van der Waals surface area contributed by atoms with Crippen LogP contribution in [0, 0.1) is 0 Å². The Morgan fingerprint density at radius 3 is 2.70 bits per heavy atom. The van der Waals surface area contributed by atoms with Gasteiger partial charge in [0.2, 0.25) is 5.91 Å². The number of amides is 1. The Bertz CT molecular complexity index is 546. The van der Waals surface area contributed by atoms with E-state index in [-0.39, 0.29) is 5.91 Å². The molecule has 0 radical (unpaired) electrons. The van der Waals surface area contributed by atoms with Crippen LogP contribution in [0.4, 0.5) is 5.69 Å². The molecule has 126 valence electrons. The van der Waals surface area contributed by atoms with Crippen LogP contribution in [-0.2, 0) is 11.2 Å². The van der Waals surface area contributed by atoms with Gasteiger partial charge in [0.25, 0.3) is 0 Å². The van der Waals surface area contributed by atoms with Gasteiger partial charge in [-0.25, -0.2) is 0 Å². The Kier molecular flexibility index (Phi) is 6.08. The summed E-state index contributed by atoms with van der Waals surface area (Å²) in [5.74, 6) is 0.911. The van der Waals surface area contributed by atoms with Gasteiger partial charge in [-0.2, -0.15) is 0 Å². The zero-order valence-electron chi connectivity index (χ0n) is 14.3. The molecule has 1 aromatic carbocycles. The number of anilines is 1. The maximum atomic E-state index is 12.5. The lowest BCUT2D eigenvalue weighted by Crippen LogP contribution is -2.47. The largest absolute Gasteiger partial charge is 0.487 e. The molecule has 1 heterocycles. The second kappa shape index (κ2) is 8.04. The molecule has 2 rings (SSSR count). The molecule has 1 fully saturated rings. The Hall–Kier alpha value is -1.97. The first-order chi connectivity index (χ1) is 11.0. The summed E-state index contributed by atoms with van der Waals surface area (Å²) in [4.78, 5) is 14.6. The molecule has 0 bridgehead atoms. The van der Waals surface area contributed by atoms with Crippen molar-refractivity contribution in [1.82, 2.24) is 4.90 Å². The zero-order valence-corrected chi connectivity index (χ0v) is 14.3. The lowest BCUT2D eigenvalue weighted by molar-refractivity contribution is -0.137. The van der Waals surface area contributed by atoms with Crippen LogP contribution in [-0.4, -0.2) is 29.5 Å². The van der Waals surface area contributed by atoms with E-state index >= 15 is 0 Å². The van der Waals surface area contributed by atoms with Crippen molar-refractivity contribution in [3.8, 4) is 5.75 Å². The highest BCUT2D eigenvalue weighted by Crippen LogP contribution is 2.25. The predicted molar refractivity (Wildman–Crippen MR) is 94.5 cm³/mol. The molecule has 0 aliphatic carbocycles. The van der Waals surface area contributed by atoms with E-state index in [1.54, 1.807) is 6.08 Å². The standard InChI is InChI=1S/C19H28N2O2/c1-4-12-23-18-10-8-16(13-17(18)20)9-11-19(22)21-14(2)6-5-7-15(21)3/h4,8,10,13-15H,1,5-7,9,11-12,20H2,2-3H3. The number of nitrogens with zero attached hydrogens (tertiary/aromatic N) is 1. The van der Waals surface area contributed by atoms with Gasteiger partial charge in [-0.05, 0) is 57.2 Å². The summed E-state index contributed by atoms with van der Waals surface area (Å²) in [6.45, 7) is 8.36. The SMILES string of the molecule is C=CCOc1ccc(CCC(=O)N2C(C)CCCC2C)cc1N. The highest BCUT2D eigenvalue weighted by molar-refractivity contribution is 5.77. The molecule has 2 unspecified atom stereocenters. The third-order valence-electron chi connectivity index (χ3n) is 4.54. The van der Waals surface area contributed by atoms with E-state index in [1.807, 2.05) is 18.2 Å². The Morgan fingerprint density at radius 1 is 1.39 bits per heavy atom. The van der Waals surface area contributed by atoms with E-state index in [1.165, 1.54) is 6.42 Å². The van der Waals surface area contributed by atoms with Crippen molar-refractivity contribution < 1.29 is 9.53 Å². The third kappa shape index (κ3) is 4.50. The number of benzene rings is 1. The summed E-state index contributed by atoms with van der Waals surface area (Å²) >= 11 is 0. The van der Waals surface area contributed by atoms with Gasteiger partial charge >= 0.3 is 0 Å². The maximum Gasteiger partial charge on any atom is 0.223 e. The molecule has 1 saturated heterocycles. The molecule has 2 atom stereocenters. The van der Waals surface area contributed by atoms with Crippen LogP contribution in [0.5, 0.6) is 5.75 Å². The molecule has 0 aromatic heterocycles. The second-order valence-corrected chi connectivity index (χ2v) is 6.40.